The van der Waals surface area contributed by atoms with Gasteiger partial charge in [-0.1, -0.05) is 0 Å². The predicted molar refractivity (Wildman–Crippen MR) is 77.8 cm³/mol. The zero-order valence-electron chi connectivity index (χ0n) is 13.2. The van der Waals surface area contributed by atoms with Crippen molar-refractivity contribution in [3.05, 3.63) is 22.6 Å². The first-order chi connectivity index (χ1) is 9.27. The third-order valence-electron chi connectivity index (χ3n) is 3.23. The van der Waals surface area contributed by atoms with Crippen LogP contribution in [-0.4, -0.2) is 35.8 Å². The van der Waals surface area contributed by atoms with Crippen molar-refractivity contribution >= 4 is 11.8 Å². The minimum atomic E-state index is -0.154. The van der Waals surface area contributed by atoms with Gasteiger partial charge in [-0.15, -0.1) is 0 Å². The highest BCUT2D eigenvalue weighted by molar-refractivity contribution is 5.98. The summed E-state index contributed by atoms with van der Waals surface area (Å²) in [6, 6.07) is 0.0657. The number of hydrogen-bond acceptors (Lipinski definition) is 3. The first-order valence-electron chi connectivity index (χ1n) is 6.93. The Hall–Kier alpha value is -1.78. The molecule has 0 spiro atoms. The van der Waals surface area contributed by atoms with Crippen LogP contribution in [-0.2, 0) is 4.79 Å². The molecule has 2 amide bonds. The Bertz CT molecular complexity index is 503. The van der Waals surface area contributed by atoms with Crippen LogP contribution in [0.3, 0.4) is 0 Å². The van der Waals surface area contributed by atoms with Gasteiger partial charge in [0.05, 0.1) is 12.1 Å². The lowest BCUT2D eigenvalue weighted by Gasteiger charge is -2.21. The number of nitrogens with zero attached hydrogens (tertiary/aromatic N) is 1. The van der Waals surface area contributed by atoms with Crippen molar-refractivity contribution in [2.24, 2.45) is 0 Å². The number of amides is 2. The van der Waals surface area contributed by atoms with Crippen molar-refractivity contribution < 1.29 is 14.0 Å². The SMILES string of the molecule is CCN(CC(=O)NC(C)C)C(=O)c1c(C)oc(C)c1C. The third-order valence-corrected chi connectivity index (χ3v) is 3.23. The summed E-state index contributed by atoms with van der Waals surface area (Å²) in [7, 11) is 0. The molecule has 1 heterocycles. The van der Waals surface area contributed by atoms with Crippen molar-refractivity contribution in [3.63, 3.8) is 0 Å². The molecule has 0 unspecified atom stereocenters. The van der Waals surface area contributed by atoms with Gasteiger partial charge in [0.25, 0.3) is 5.91 Å². The van der Waals surface area contributed by atoms with Crippen LogP contribution in [0.5, 0.6) is 0 Å². The molecular formula is C15H24N2O3. The van der Waals surface area contributed by atoms with Crippen LogP contribution >= 0.6 is 0 Å². The van der Waals surface area contributed by atoms with E-state index in [-0.39, 0.29) is 24.4 Å². The highest BCUT2D eigenvalue weighted by Gasteiger charge is 2.24. The maximum atomic E-state index is 12.5. The number of hydrogen-bond donors (Lipinski definition) is 1. The van der Waals surface area contributed by atoms with Crippen LogP contribution in [0.15, 0.2) is 4.42 Å². The van der Waals surface area contributed by atoms with Gasteiger partial charge in [0.15, 0.2) is 0 Å². The van der Waals surface area contributed by atoms with Crippen LogP contribution in [0.25, 0.3) is 0 Å². The number of furan rings is 1. The summed E-state index contributed by atoms with van der Waals surface area (Å²) in [4.78, 5) is 25.9. The van der Waals surface area contributed by atoms with Crippen LogP contribution < -0.4 is 5.32 Å². The van der Waals surface area contributed by atoms with Gasteiger partial charge in [-0.2, -0.15) is 0 Å². The zero-order valence-corrected chi connectivity index (χ0v) is 13.2. The number of carbonyl (C=O) groups excluding carboxylic acids is 2. The van der Waals surface area contributed by atoms with E-state index in [0.29, 0.717) is 17.9 Å². The number of rotatable bonds is 5. The minimum absolute atomic E-state index is 0.0657. The van der Waals surface area contributed by atoms with Gasteiger partial charge in [-0.3, -0.25) is 9.59 Å². The zero-order chi connectivity index (χ0) is 15.4. The Balaban J connectivity index is 2.90. The molecule has 5 heteroatoms. The summed E-state index contributed by atoms with van der Waals surface area (Å²) < 4.78 is 5.48. The van der Waals surface area contributed by atoms with Gasteiger partial charge in [0.2, 0.25) is 5.91 Å². The molecule has 1 aromatic rings. The lowest BCUT2D eigenvalue weighted by atomic mass is 10.1. The van der Waals surface area contributed by atoms with Gasteiger partial charge in [-0.25, -0.2) is 0 Å². The quantitative estimate of drug-likeness (QED) is 0.899. The molecule has 0 fully saturated rings. The van der Waals surface area contributed by atoms with Crippen molar-refractivity contribution in [1.29, 1.82) is 0 Å². The maximum absolute atomic E-state index is 12.5. The number of aryl methyl sites for hydroxylation is 2. The normalized spacial score (nSPS) is 10.8. The Morgan fingerprint density at radius 2 is 1.80 bits per heavy atom. The van der Waals surface area contributed by atoms with Gasteiger partial charge in [0, 0.05) is 18.2 Å². The fourth-order valence-corrected chi connectivity index (χ4v) is 2.13. The second kappa shape index (κ2) is 6.59. The van der Waals surface area contributed by atoms with Crippen LogP contribution in [0.4, 0.5) is 0 Å². The van der Waals surface area contributed by atoms with Gasteiger partial charge < -0.3 is 14.6 Å². The molecule has 0 bridgehead atoms. The van der Waals surface area contributed by atoms with E-state index in [4.69, 9.17) is 4.42 Å². The summed E-state index contributed by atoms with van der Waals surface area (Å²) in [6.45, 7) is 11.7. The van der Waals surface area contributed by atoms with Gasteiger partial charge in [-0.05, 0) is 41.5 Å². The van der Waals surface area contributed by atoms with Crippen LogP contribution in [0.2, 0.25) is 0 Å². The molecule has 0 aliphatic heterocycles. The molecular weight excluding hydrogens is 256 g/mol. The van der Waals surface area contributed by atoms with Crippen LogP contribution in [0.1, 0.15) is 48.2 Å². The first kappa shape index (κ1) is 16.3. The van der Waals surface area contributed by atoms with Crippen molar-refractivity contribution in [3.8, 4) is 0 Å². The van der Waals surface area contributed by atoms with E-state index in [1.54, 1.807) is 6.92 Å². The number of likely N-dealkylation sites (N-methyl/N-ethyl adjacent to an activating group) is 1. The van der Waals surface area contributed by atoms with Crippen LogP contribution in [0, 0.1) is 20.8 Å². The Kier molecular flexibility index (Phi) is 5.36. The molecule has 5 nitrogen and oxygen atoms in total. The highest BCUT2D eigenvalue weighted by atomic mass is 16.3. The largest absolute Gasteiger partial charge is 0.466 e. The molecule has 112 valence electrons. The molecule has 0 aliphatic rings. The summed E-state index contributed by atoms with van der Waals surface area (Å²) in [6.07, 6.45) is 0. The topological polar surface area (TPSA) is 62.6 Å². The predicted octanol–water partition coefficient (Wildman–Crippen LogP) is 2.19. The third kappa shape index (κ3) is 3.62. The first-order valence-corrected chi connectivity index (χ1v) is 6.93. The van der Waals surface area contributed by atoms with E-state index in [0.717, 1.165) is 11.3 Å². The lowest BCUT2D eigenvalue weighted by molar-refractivity contribution is -0.122. The second-order valence-electron chi connectivity index (χ2n) is 5.26. The standard InChI is InChI=1S/C15H24N2O3/c1-7-17(8-13(18)16-9(2)3)15(19)14-10(4)11(5)20-12(14)6/h9H,7-8H2,1-6H3,(H,16,18). The van der Waals surface area contributed by atoms with Gasteiger partial charge in [0.1, 0.15) is 11.5 Å². The highest BCUT2D eigenvalue weighted by Crippen LogP contribution is 2.22. The molecule has 0 aromatic carbocycles. The molecule has 0 radical (unpaired) electrons. The average molecular weight is 280 g/mol. The Labute approximate surface area is 120 Å². The van der Waals surface area contributed by atoms with E-state index in [1.807, 2.05) is 34.6 Å². The molecule has 1 rings (SSSR count). The number of carbonyl (C=O) groups is 2. The van der Waals surface area contributed by atoms with E-state index >= 15 is 0 Å². The fraction of sp³-hybridized carbons (Fsp3) is 0.600. The fourth-order valence-electron chi connectivity index (χ4n) is 2.13. The summed E-state index contributed by atoms with van der Waals surface area (Å²) >= 11 is 0. The molecule has 20 heavy (non-hydrogen) atoms. The van der Waals surface area contributed by atoms with E-state index in [9.17, 15) is 9.59 Å². The summed E-state index contributed by atoms with van der Waals surface area (Å²) in [5, 5.41) is 2.79. The van der Waals surface area contributed by atoms with Crippen molar-refractivity contribution in [2.45, 2.75) is 47.6 Å². The molecule has 0 saturated heterocycles. The van der Waals surface area contributed by atoms with Gasteiger partial charge >= 0.3 is 0 Å². The Morgan fingerprint density at radius 1 is 1.20 bits per heavy atom. The molecule has 0 atom stereocenters. The van der Waals surface area contributed by atoms with E-state index in [2.05, 4.69) is 5.32 Å². The summed E-state index contributed by atoms with van der Waals surface area (Å²) in [5.74, 6) is 1.05. The molecule has 1 aromatic heterocycles. The maximum Gasteiger partial charge on any atom is 0.258 e. The monoisotopic (exact) mass is 280 g/mol. The second-order valence-corrected chi connectivity index (χ2v) is 5.26. The summed E-state index contributed by atoms with van der Waals surface area (Å²) in [5.41, 5.74) is 1.41. The van der Waals surface area contributed by atoms with Crippen molar-refractivity contribution in [1.82, 2.24) is 10.2 Å². The lowest BCUT2D eigenvalue weighted by Crippen LogP contribution is -2.42. The molecule has 0 aliphatic carbocycles. The Morgan fingerprint density at radius 3 is 2.20 bits per heavy atom. The smallest absolute Gasteiger partial charge is 0.258 e. The van der Waals surface area contributed by atoms with E-state index < -0.39 is 0 Å². The molecule has 1 N–H and O–H groups in total. The molecule has 0 saturated carbocycles. The minimum Gasteiger partial charge on any atom is -0.466 e. The van der Waals surface area contributed by atoms with Crippen molar-refractivity contribution in [2.75, 3.05) is 13.1 Å². The van der Waals surface area contributed by atoms with E-state index in [1.165, 1.54) is 4.90 Å². The number of nitrogens with one attached hydrogen (secondary N) is 1. The average Bonchev–Trinajstić information content (AvgIpc) is 2.58.